The SMILES string of the molecule is CCC(CC)N(CCBr)C(=O)c1ccc(F)cc1Br. The minimum Gasteiger partial charge on any atom is -0.335 e. The quantitative estimate of drug-likeness (QED) is 0.645. The summed E-state index contributed by atoms with van der Waals surface area (Å²) in [7, 11) is 0. The Morgan fingerprint density at radius 3 is 2.47 bits per heavy atom. The Morgan fingerprint density at radius 2 is 2.00 bits per heavy atom. The summed E-state index contributed by atoms with van der Waals surface area (Å²) in [4.78, 5) is 14.4. The summed E-state index contributed by atoms with van der Waals surface area (Å²) in [5, 5.41) is 0.730. The molecule has 0 aliphatic rings. The predicted octanol–water partition coefficient (Wildman–Crippen LogP) is 4.61. The lowest BCUT2D eigenvalue weighted by Crippen LogP contribution is -2.41. The maximum absolute atomic E-state index is 13.1. The second-order valence-corrected chi connectivity index (χ2v) is 5.93. The summed E-state index contributed by atoms with van der Waals surface area (Å²) in [6, 6.07) is 4.39. The summed E-state index contributed by atoms with van der Waals surface area (Å²) < 4.78 is 13.6. The summed E-state index contributed by atoms with van der Waals surface area (Å²) in [6.07, 6.45) is 1.82. The third-order valence-corrected chi connectivity index (χ3v) is 4.14. The van der Waals surface area contributed by atoms with Crippen LogP contribution in [0.15, 0.2) is 22.7 Å². The molecule has 19 heavy (non-hydrogen) atoms. The molecule has 0 N–H and O–H groups in total. The van der Waals surface area contributed by atoms with Crippen molar-refractivity contribution in [1.29, 1.82) is 0 Å². The molecule has 0 saturated heterocycles. The third kappa shape index (κ3) is 4.28. The van der Waals surface area contributed by atoms with Crippen LogP contribution in [0.1, 0.15) is 37.0 Å². The average molecular weight is 395 g/mol. The van der Waals surface area contributed by atoms with Gasteiger partial charge < -0.3 is 4.90 Å². The maximum Gasteiger partial charge on any atom is 0.255 e. The smallest absolute Gasteiger partial charge is 0.255 e. The molecule has 0 fully saturated rings. The Balaban J connectivity index is 3.04. The number of benzene rings is 1. The van der Waals surface area contributed by atoms with Gasteiger partial charge in [-0.3, -0.25) is 4.79 Å². The minimum absolute atomic E-state index is 0.0555. The van der Waals surface area contributed by atoms with Crippen molar-refractivity contribution in [2.24, 2.45) is 0 Å². The first-order valence-corrected chi connectivity index (χ1v) is 8.28. The molecule has 0 aliphatic heterocycles. The molecule has 0 radical (unpaired) electrons. The van der Waals surface area contributed by atoms with Crippen LogP contribution in [0.25, 0.3) is 0 Å². The van der Waals surface area contributed by atoms with Gasteiger partial charge in [0, 0.05) is 22.4 Å². The van der Waals surface area contributed by atoms with E-state index < -0.39 is 0 Å². The number of alkyl halides is 1. The second-order valence-electron chi connectivity index (χ2n) is 4.28. The number of rotatable bonds is 6. The third-order valence-electron chi connectivity index (χ3n) is 3.13. The molecule has 2 nitrogen and oxygen atoms in total. The van der Waals surface area contributed by atoms with Gasteiger partial charge in [-0.1, -0.05) is 29.8 Å². The summed E-state index contributed by atoms with van der Waals surface area (Å²) in [5.41, 5.74) is 0.509. The highest BCUT2D eigenvalue weighted by Gasteiger charge is 2.23. The number of hydrogen-bond acceptors (Lipinski definition) is 1. The van der Waals surface area contributed by atoms with E-state index in [0.29, 0.717) is 16.6 Å². The van der Waals surface area contributed by atoms with E-state index in [4.69, 9.17) is 0 Å². The van der Waals surface area contributed by atoms with Crippen LogP contribution >= 0.6 is 31.9 Å². The van der Waals surface area contributed by atoms with Gasteiger partial charge in [0.05, 0.1) is 5.56 Å². The summed E-state index contributed by atoms with van der Waals surface area (Å²) >= 11 is 6.64. The van der Waals surface area contributed by atoms with Crippen LogP contribution in [0.4, 0.5) is 4.39 Å². The van der Waals surface area contributed by atoms with Crippen LogP contribution in [0.2, 0.25) is 0 Å². The zero-order valence-electron chi connectivity index (χ0n) is 11.1. The molecule has 1 amide bonds. The Hall–Kier alpha value is -0.420. The molecule has 1 aromatic rings. The van der Waals surface area contributed by atoms with E-state index in [1.54, 1.807) is 0 Å². The number of carbonyl (C=O) groups is 1. The molecular weight excluding hydrogens is 377 g/mol. The van der Waals surface area contributed by atoms with Crippen LogP contribution in [-0.4, -0.2) is 28.7 Å². The van der Waals surface area contributed by atoms with E-state index in [0.717, 1.165) is 18.2 Å². The number of nitrogens with zero attached hydrogens (tertiary/aromatic N) is 1. The van der Waals surface area contributed by atoms with Gasteiger partial charge in [-0.15, -0.1) is 0 Å². The molecule has 0 aromatic heterocycles. The van der Waals surface area contributed by atoms with Gasteiger partial charge in [0.2, 0.25) is 0 Å². The van der Waals surface area contributed by atoms with E-state index >= 15 is 0 Å². The van der Waals surface area contributed by atoms with Crippen LogP contribution in [-0.2, 0) is 0 Å². The molecule has 0 aliphatic carbocycles. The van der Waals surface area contributed by atoms with E-state index in [9.17, 15) is 9.18 Å². The van der Waals surface area contributed by atoms with Gasteiger partial charge in [-0.2, -0.15) is 0 Å². The Labute approximate surface area is 130 Å². The number of halogens is 3. The molecule has 106 valence electrons. The van der Waals surface area contributed by atoms with Crippen molar-refractivity contribution in [2.45, 2.75) is 32.7 Å². The van der Waals surface area contributed by atoms with Crippen LogP contribution in [0.5, 0.6) is 0 Å². The molecule has 1 aromatic carbocycles. The Kier molecular flexibility index (Phi) is 7.00. The van der Waals surface area contributed by atoms with E-state index in [1.807, 2.05) is 4.90 Å². The molecular formula is C14H18Br2FNO. The Bertz CT molecular complexity index is 435. The fourth-order valence-electron chi connectivity index (χ4n) is 2.09. The highest BCUT2D eigenvalue weighted by Crippen LogP contribution is 2.22. The van der Waals surface area contributed by atoms with Gasteiger partial charge in [0.25, 0.3) is 5.91 Å². The molecule has 0 atom stereocenters. The Morgan fingerprint density at radius 1 is 1.37 bits per heavy atom. The largest absolute Gasteiger partial charge is 0.335 e. The van der Waals surface area contributed by atoms with Crippen LogP contribution < -0.4 is 0 Å². The molecule has 1 rings (SSSR count). The topological polar surface area (TPSA) is 20.3 Å². The average Bonchev–Trinajstić information content (AvgIpc) is 2.38. The van der Waals surface area contributed by atoms with Crippen LogP contribution in [0.3, 0.4) is 0 Å². The zero-order valence-corrected chi connectivity index (χ0v) is 14.3. The van der Waals surface area contributed by atoms with E-state index in [1.165, 1.54) is 18.2 Å². The fraction of sp³-hybridized carbons (Fsp3) is 0.500. The standard InChI is InChI=1S/C14H18Br2FNO/c1-3-11(4-2)18(8-7-15)14(19)12-6-5-10(17)9-13(12)16/h5-6,9,11H,3-4,7-8H2,1-2H3. The zero-order chi connectivity index (χ0) is 14.4. The van der Waals surface area contributed by atoms with Gasteiger partial charge >= 0.3 is 0 Å². The number of amides is 1. The first kappa shape index (κ1) is 16.6. The van der Waals surface area contributed by atoms with E-state index in [-0.39, 0.29) is 17.8 Å². The van der Waals surface area contributed by atoms with Crippen molar-refractivity contribution in [3.8, 4) is 0 Å². The van der Waals surface area contributed by atoms with Crippen molar-refractivity contribution in [2.75, 3.05) is 11.9 Å². The van der Waals surface area contributed by atoms with Crippen molar-refractivity contribution >= 4 is 37.8 Å². The summed E-state index contributed by atoms with van der Waals surface area (Å²) in [6.45, 7) is 4.79. The molecule has 5 heteroatoms. The first-order chi connectivity index (χ1) is 9.04. The number of carbonyl (C=O) groups excluding carboxylic acids is 1. The first-order valence-electron chi connectivity index (χ1n) is 6.37. The second kappa shape index (κ2) is 8.00. The molecule has 0 heterocycles. The van der Waals surface area contributed by atoms with Gasteiger partial charge in [0.15, 0.2) is 0 Å². The monoisotopic (exact) mass is 393 g/mol. The maximum atomic E-state index is 13.1. The minimum atomic E-state index is -0.349. The molecule has 0 bridgehead atoms. The fourth-order valence-corrected chi connectivity index (χ4v) is 2.99. The van der Waals surface area contributed by atoms with Crippen molar-refractivity contribution in [1.82, 2.24) is 4.90 Å². The lowest BCUT2D eigenvalue weighted by molar-refractivity contribution is 0.0682. The van der Waals surface area contributed by atoms with Crippen molar-refractivity contribution in [3.05, 3.63) is 34.1 Å². The lowest BCUT2D eigenvalue weighted by Gasteiger charge is -2.30. The normalized spacial score (nSPS) is 10.8. The van der Waals surface area contributed by atoms with Crippen molar-refractivity contribution in [3.63, 3.8) is 0 Å². The van der Waals surface area contributed by atoms with E-state index in [2.05, 4.69) is 45.7 Å². The lowest BCUT2D eigenvalue weighted by atomic mass is 10.1. The number of hydrogen-bond donors (Lipinski definition) is 0. The molecule has 0 unspecified atom stereocenters. The van der Waals surface area contributed by atoms with Crippen LogP contribution in [0, 0.1) is 5.82 Å². The van der Waals surface area contributed by atoms with Gasteiger partial charge in [-0.05, 0) is 47.0 Å². The predicted molar refractivity (Wildman–Crippen MR) is 83.3 cm³/mol. The highest BCUT2D eigenvalue weighted by atomic mass is 79.9. The van der Waals surface area contributed by atoms with Crippen molar-refractivity contribution < 1.29 is 9.18 Å². The highest BCUT2D eigenvalue weighted by molar-refractivity contribution is 9.10. The van der Waals surface area contributed by atoms with Gasteiger partial charge in [0.1, 0.15) is 5.82 Å². The molecule has 0 saturated carbocycles. The van der Waals surface area contributed by atoms with Gasteiger partial charge in [-0.25, -0.2) is 4.39 Å². The molecule has 0 spiro atoms. The summed E-state index contributed by atoms with van der Waals surface area (Å²) in [5.74, 6) is -0.405.